The zero-order valence-electron chi connectivity index (χ0n) is 54.0. The second kappa shape index (κ2) is 36.1. The van der Waals surface area contributed by atoms with Crippen molar-refractivity contribution in [2.24, 2.45) is 0 Å². The van der Waals surface area contributed by atoms with Gasteiger partial charge in [-0.25, -0.2) is 32.3 Å². The molecule has 4 atom stereocenters. The maximum atomic E-state index is 15.2. The Bertz CT molecular complexity index is 4020. The van der Waals surface area contributed by atoms with E-state index in [1.165, 1.54) is 12.1 Å². The summed E-state index contributed by atoms with van der Waals surface area (Å²) >= 11 is 0. The largest absolute Gasteiger partial charge is 0.489 e. The van der Waals surface area contributed by atoms with Gasteiger partial charge in [0.2, 0.25) is 46.6 Å². The number of rotatable bonds is 31. The Morgan fingerprint density at radius 1 is 0.444 bits per heavy atom. The van der Waals surface area contributed by atoms with Gasteiger partial charge in [0.25, 0.3) is 0 Å². The summed E-state index contributed by atoms with van der Waals surface area (Å²) in [5, 5.41) is 23.9. The Hall–Kier alpha value is -11.3. The van der Waals surface area contributed by atoms with Crippen molar-refractivity contribution in [3.05, 3.63) is 256 Å². The van der Waals surface area contributed by atoms with Gasteiger partial charge in [0.1, 0.15) is 68.3 Å². The molecule has 0 aliphatic carbocycles. The number of aliphatic hydroxyl groups is 1. The maximum Gasteiger partial charge on any atom is 0.408 e. The average Bonchev–Trinajstić information content (AvgIpc) is 0.811. The molecule has 0 aliphatic rings. The first-order valence-electron chi connectivity index (χ1n) is 31.3. The molecule has 0 spiro atoms. The van der Waals surface area contributed by atoms with Gasteiger partial charge in [-0.1, -0.05) is 164 Å². The lowest BCUT2D eigenvalue weighted by Gasteiger charge is -2.27. The molecule has 0 unspecified atom stereocenters. The van der Waals surface area contributed by atoms with E-state index < -0.39 is 133 Å². The van der Waals surface area contributed by atoms with Crippen molar-refractivity contribution in [1.29, 1.82) is 0 Å². The monoisotopic (exact) mass is 1370 g/mol. The van der Waals surface area contributed by atoms with Crippen molar-refractivity contribution in [3.63, 3.8) is 0 Å². The Morgan fingerprint density at radius 2 is 0.859 bits per heavy atom. The third-order valence-corrected chi connectivity index (χ3v) is 14.7. The molecular formula is C74H72F5N5O15. The summed E-state index contributed by atoms with van der Waals surface area (Å²) < 4.78 is 113. The number of esters is 2. The van der Waals surface area contributed by atoms with E-state index in [2.05, 4.69) is 26.6 Å². The molecule has 518 valence electrons. The van der Waals surface area contributed by atoms with E-state index in [1.807, 2.05) is 0 Å². The van der Waals surface area contributed by atoms with Gasteiger partial charge < -0.3 is 64.8 Å². The minimum absolute atomic E-state index is 0.0179. The fourth-order valence-electron chi connectivity index (χ4n) is 9.69. The first-order chi connectivity index (χ1) is 47.5. The highest BCUT2D eigenvalue weighted by Gasteiger charge is 2.35. The quantitative estimate of drug-likeness (QED) is 0.00589. The molecule has 5 amide bonds. The topological polar surface area (TPSA) is 264 Å². The van der Waals surface area contributed by atoms with E-state index >= 15 is 8.78 Å². The third-order valence-electron chi connectivity index (χ3n) is 14.7. The van der Waals surface area contributed by atoms with Gasteiger partial charge in [0.15, 0.2) is 0 Å². The first kappa shape index (κ1) is 73.5. The number of benzene rings is 8. The third kappa shape index (κ3) is 23.2. The summed E-state index contributed by atoms with van der Waals surface area (Å²) in [5.74, 6) is -18.2. The van der Waals surface area contributed by atoms with E-state index in [-0.39, 0.29) is 68.6 Å². The molecule has 0 bridgehead atoms. The van der Waals surface area contributed by atoms with Crippen LogP contribution in [0.3, 0.4) is 0 Å². The van der Waals surface area contributed by atoms with Gasteiger partial charge in [-0.05, 0) is 95.1 Å². The highest BCUT2D eigenvalue weighted by atomic mass is 19.2. The van der Waals surface area contributed by atoms with Crippen LogP contribution in [0.25, 0.3) is 11.1 Å². The zero-order chi connectivity index (χ0) is 70.8. The second-order valence-corrected chi connectivity index (χ2v) is 23.5. The fourth-order valence-corrected chi connectivity index (χ4v) is 9.69. The minimum atomic E-state index is -2.52. The first-order valence-corrected chi connectivity index (χ1v) is 31.3. The van der Waals surface area contributed by atoms with Crippen LogP contribution in [-0.2, 0) is 84.0 Å². The molecule has 8 aromatic rings. The Morgan fingerprint density at radius 3 is 1.32 bits per heavy atom. The van der Waals surface area contributed by atoms with E-state index in [0.717, 1.165) is 5.56 Å². The standard InChI is InChI=1S/C74H72F5N5O15/c1-74(2,3)99-73(92)83-57(39-55(85)40-81-71(90)96-44-49-25-15-7-16-26-49)69(88)82-56(68(87)80-34-33-61(86)95-43-48-23-13-6-14-24-48)37-53-35-51(29-31-59(53)93-41-46-19-9-4-10-20-46)52-30-32-60(94-42-47-21-11-5-12-22-47)54(36-52)38-58(84-72(91)97-45-50-27-17-8-18-28-50)70(89)98-67-65(78)63(76)62(75)64(77)66(67)79/h4-32,35-36,55-58,85H,33-34,37-45H2,1-3H3,(H,80,87)(H,81,90)(H,82,88)(H,83,92)(H,84,91)/t55-,56+,57+,58+/m1/s1. The predicted molar refractivity (Wildman–Crippen MR) is 350 cm³/mol. The number of ether oxygens (including phenoxy) is 7. The molecule has 0 radical (unpaired) electrons. The fraction of sp³-hybridized carbons (Fsp3) is 0.257. The van der Waals surface area contributed by atoms with Crippen molar-refractivity contribution >= 4 is 42.0 Å². The number of carbonyl (C=O) groups excluding carboxylic acids is 7. The molecule has 20 nitrogen and oxygen atoms in total. The number of carbonyl (C=O) groups is 7. The van der Waals surface area contributed by atoms with Gasteiger partial charge in [0, 0.05) is 32.4 Å². The lowest BCUT2D eigenvalue weighted by molar-refractivity contribution is -0.145. The van der Waals surface area contributed by atoms with Gasteiger partial charge in [-0.15, -0.1) is 0 Å². The van der Waals surface area contributed by atoms with Gasteiger partial charge >= 0.3 is 30.2 Å². The maximum absolute atomic E-state index is 15.2. The molecule has 8 aromatic carbocycles. The number of alkyl carbamates (subject to hydrolysis) is 3. The summed E-state index contributed by atoms with van der Waals surface area (Å²) in [7, 11) is 0. The number of hydrogen-bond donors (Lipinski definition) is 6. The second-order valence-electron chi connectivity index (χ2n) is 23.5. The molecule has 8 rings (SSSR count). The molecule has 6 N–H and O–H groups in total. The molecular weight excluding hydrogens is 1290 g/mol. The van der Waals surface area contributed by atoms with Crippen molar-refractivity contribution in [2.45, 2.75) is 109 Å². The molecule has 0 fully saturated rings. The van der Waals surface area contributed by atoms with Gasteiger partial charge in [0.05, 0.1) is 12.5 Å². The normalized spacial score (nSPS) is 12.3. The highest BCUT2D eigenvalue weighted by molar-refractivity contribution is 5.92. The number of aliphatic hydroxyl groups excluding tert-OH is 1. The Labute approximate surface area is 567 Å². The lowest BCUT2D eigenvalue weighted by Crippen LogP contribution is -2.56. The van der Waals surface area contributed by atoms with Crippen LogP contribution in [0, 0.1) is 29.1 Å². The Kier molecular flexibility index (Phi) is 26.8. The van der Waals surface area contributed by atoms with Crippen LogP contribution in [-0.4, -0.2) is 90.1 Å². The van der Waals surface area contributed by atoms with Crippen LogP contribution in [0.4, 0.5) is 36.3 Å². The average molecular weight is 1370 g/mol. The number of hydrogen-bond acceptors (Lipinski definition) is 15. The van der Waals surface area contributed by atoms with Crippen LogP contribution < -0.4 is 40.8 Å². The van der Waals surface area contributed by atoms with E-state index in [9.17, 15) is 51.8 Å². The van der Waals surface area contributed by atoms with Crippen LogP contribution in [0.15, 0.2) is 188 Å². The van der Waals surface area contributed by atoms with Crippen molar-refractivity contribution in [1.82, 2.24) is 26.6 Å². The number of nitrogens with one attached hydrogen (secondary N) is 5. The van der Waals surface area contributed by atoms with Crippen LogP contribution in [0.5, 0.6) is 17.2 Å². The lowest BCUT2D eigenvalue weighted by atomic mass is 9.95. The van der Waals surface area contributed by atoms with Crippen LogP contribution >= 0.6 is 0 Å². The van der Waals surface area contributed by atoms with E-state index in [0.29, 0.717) is 33.4 Å². The predicted octanol–water partition coefficient (Wildman–Crippen LogP) is 11.5. The number of halogens is 5. The molecule has 99 heavy (non-hydrogen) atoms. The smallest absolute Gasteiger partial charge is 0.408 e. The van der Waals surface area contributed by atoms with Gasteiger partial charge in [-0.2, -0.15) is 8.78 Å². The molecule has 25 heteroatoms. The molecule has 0 saturated carbocycles. The number of amides is 5. The summed E-state index contributed by atoms with van der Waals surface area (Å²) in [5.41, 5.74) is 3.27. The summed E-state index contributed by atoms with van der Waals surface area (Å²) in [6, 6.07) is 47.9. The van der Waals surface area contributed by atoms with Crippen LogP contribution in [0.1, 0.15) is 72.6 Å². The van der Waals surface area contributed by atoms with Crippen molar-refractivity contribution < 1.29 is 93.8 Å². The summed E-state index contributed by atoms with van der Waals surface area (Å²) in [6.45, 7) is 3.40. The van der Waals surface area contributed by atoms with E-state index in [1.54, 1.807) is 197 Å². The SMILES string of the molecule is CC(C)(C)OC(=O)N[C@@H](C[C@@H](O)CNC(=O)OCc1ccccc1)C(=O)N[C@@H](Cc1cc(-c2ccc(OCc3ccccc3)c(C[C@H](NC(=O)OCc3ccccc3)C(=O)Oc3c(F)c(F)c(F)c(F)c3F)c2)ccc1OCc1ccccc1)C(=O)NCCC(=O)OCc1ccccc1. The molecule has 0 heterocycles. The molecule has 0 aromatic heterocycles. The highest BCUT2D eigenvalue weighted by Crippen LogP contribution is 2.34. The van der Waals surface area contributed by atoms with E-state index in [4.69, 9.17) is 33.2 Å². The summed E-state index contributed by atoms with van der Waals surface area (Å²) in [6.07, 6.45) is -6.70. The summed E-state index contributed by atoms with van der Waals surface area (Å²) in [4.78, 5) is 96.6. The van der Waals surface area contributed by atoms with Crippen LogP contribution in [0.2, 0.25) is 0 Å². The van der Waals surface area contributed by atoms with Gasteiger partial charge in [-0.3, -0.25) is 14.4 Å². The molecule has 0 saturated heterocycles. The van der Waals surface area contributed by atoms with Crippen molar-refractivity contribution in [2.75, 3.05) is 13.1 Å². The zero-order valence-corrected chi connectivity index (χ0v) is 54.0. The molecule has 0 aliphatic heterocycles. The van der Waals surface area contributed by atoms with Crippen molar-refractivity contribution in [3.8, 4) is 28.4 Å². The minimum Gasteiger partial charge on any atom is -0.489 e. The Balaban J connectivity index is 1.15.